The molecule has 0 radical (unpaired) electrons. The molecule has 0 amide bonds. The SMILES string of the molecule is COC1CCN(c2nc3ccc(S(N)(=O)=O)cc3[nH]2)CC1. The first-order valence-electron chi connectivity index (χ1n) is 6.77. The first kappa shape index (κ1) is 14.3. The maximum absolute atomic E-state index is 11.4. The van der Waals surface area contributed by atoms with Crippen LogP contribution in [0.25, 0.3) is 11.0 Å². The molecule has 1 aliphatic rings. The number of aromatic nitrogens is 2. The first-order chi connectivity index (χ1) is 9.97. The zero-order chi connectivity index (χ0) is 15.0. The molecule has 2 heterocycles. The number of sulfonamides is 1. The molecule has 3 N–H and O–H groups in total. The molecular formula is C13H18N4O3S. The highest BCUT2D eigenvalue weighted by atomic mass is 32.2. The molecule has 2 aromatic rings. The van der Waals surface area contributed by atoms with Crippen LogP contribution in [0.4, 0.5) is 5.95 Å². The maximum atomic E-state index is 11.4. The molecule has 1 saturated heterocycles. The van der Waals surface area contributed by atoms with E-state index in [0.29, 0.717) is 11.6 Å². The maximum Gasteiger partial charge on any atom is 0.238 e. The highest BCUT2D eigenvalue weighted by Gasteiger charge is 2.21. The van der Waals surface area contributed by atoms with Gasteiger partial charge in [0.15, 0.2) is 0 Å². The van der Waals surface area contributed by atoms with Crippen molar-refractivity contribution >= 4 is 27.0 Å². The van der Waals surface area contributed by atoms with Crippen molar-refractivity contribution in [2.24, 2.45) is 5.14 Å². The van der Waals surface area contributed by atoms with E-state index in [9.17, 15) is 8.42 Å². The number of anilines is 1. The van der Waals surface area contributed by atoms with Crippen LogP contribution < -0.4 is 10.0 Å². The minimum Gasteiger partial charge on any atom is -0.381 e. The zero-order valence-corrected chi connectivity index (χ0v) is 12.6. The summed E-state index contributed by atoms with van der Waals surface area (Å²) in [5.74, 6) is 0.756. The summed E-state index contributed by atoms with van der Waals surface area (Å²) in [6.45, 7) is 1.72. The Morgan fingerprint density at radius 3 is 2.71 bits per heavy atom. The molecule has 0 unspecified atom stereocenters. The van der Waals surface area contributed by atoms with Gasteiger partial charge >= 0.3 is 0 Å². The Morgan fingerprint density at radius 2 is 2.10 bits per heavy atom. The van der Waals surface area contributed by atoms with E-state index < -0.39 is 10.0 Å². The molecule has 3 rings (SSSR count). The van der Waals surface area contributed by atoms with Crippen LogP contribution in [0.2, 0.25) is 0 Å². The van der Waals surface area contributed by atoms with Crippen LogP contribution in [0, 0.1) is 0 Å². The minimum absolute atomic E-state index is 0.0864. The van der Waals surface area contributed by atoms with E-state index in [1.54, 1.807) is 13.2 Å². The molecule has 0 aliphatic carbocycles. The van der Waals surface area contributed by atoms with Crippen molar-refractivity contribution in [3.8, 4) is 0 Å². The van der Waals surface area contributed by atoms with Crippen LogP contribution >= 0.6 is 0 Å². The molecule has 0 saturated carbocycles. The number of hydrogen-bond acceptors (Lipinski definition) is 5. The minimum atomic E-state index is -3.70. The van der Waals surface area contributed by atoms with E-state index in [1.165, 1.54) is 12.1 Å². The van der Waals surface area contributed by atoms with Gasteiger partial charge in [-0.1, -0.05) is 0 Å². The molecular weight excluding hydrogens is 292 g/mol. The fourth-order valence-electron chi connectivity index (χ4n) is 2.61. The molecule has 7 nitrogen and oxygen atoms in total. The predicted octanol–water partition coefficient (Wildman–Crippen LogP) is 0.825. The largest absolute Gasteiger partial charge is 0.381 e. The number of benzene rings is 1. The van der Waals surface area contributed by atoms with Gasteiger partial charge in [0.1, 0.15) is 0 Å². The van der Waals surface area contributed by atoms with E-state index in [0.717, 1.165) is 37.4 Å². The zero-order valence-electron chi connectivity index (χ0n) is 11.7. The Labute approximate surface area is 123 Å². The summed E-state index contributed by atoms with van der Waals surface area (Å²) in [4.78, 5) is 9.90. The van der Waals surface area contributed by atoms with Crippen LogP contribution in [0.3, 0.4) is 0 Å². The molecule has 8 heteroatoms. The van der Waals surface area contributed by atoms with Crippen LogP contribution in [-0.2, 0) is 14.8 Å². The number of imidazole rings is 1. The summed E-state index contributed by atoms with van der Waals surface area (Å²) in [5.41, 5.74) is 1.40. The molecule has 0 bridgehead atoms. The number of fused-ring (bicyclic) bond motifs is 1. The normalized spacial score (nSPS) is 17.5. The van der Waals surface area contributed by atoms with Gasteiger partial charge in [-0.05, 0) is 31.0 Å². The quantitative estimate of drug-likeness (QED) is 0.874. The highest BCUT2D eigenvalue weighted by molar-refractivity contribution is 7.89. The highest BCUT2D eigenvalue weighted by Crippen LogP contribution is 2.23. The van der Waals surface area contributed by atoms with Crippen molar-refractivity contribution in [1.29, 1.82) is 0 Å². The number of methoxy groups -OCH3 is 1. The smallest absolute Gasteiger partial charge is 0.238 e. The van der Waals surface area contributed by atoms with Gasteiger partial charge in [-0.2, -0.15) is 0 Å². The van der Waals surface area contributed by atoms with E-state index in [1.807, 2.05) is 0 Å². The number of H-pyrrole nitrogens is 1. The van der Waals surface area contributed by atoms with Crippen molar-refractivity contribution in [2.45, 2.75) is 23.8 Å². The third kappa shape index (κ3) is 2.87. The average molecular weight is 310 g/mol. The van der Waals surface area contributed by atoms with Crippen LogP contribution in [-0.4, -0.2) is 44.7 Å². The third-order valence-corrected chi connectivity index (χ3v) is 4.76. The van der Waals surface area contributed by atoms with E-state index >= 15 is 0 Å². The van der Waals surface area contributed by atoms with Gasteiger partial charge in [-0.25, -0.2) is 18.5 Å². The molecule has 0 atom stereocenters. The lowest BCUT2D eigenvalue weighted by Crippen LogP contribution is -2.37. The first-order valence-corrected chi connectivity index (χ1v) is 8.32. The summed E-state index contributed by atoms with van der Waals surface area (Å²) in [7, 11) is -1.97. The molecule has 1 aromatic heterocycles. The number of primary sulfonamides is 1. The van der Waals surface area contributed by atoms with Gasteiger partial charge in [0.2, 0.25) is 16.0 Å². The number of nitrogens with zero attached hydrogens (tertiary/aromatic N) is 2. The Morgan fingerprint density at radius 1 is 1.38 bits per heavy atom. The second kappa shape index (κ2) is 5.28. The lowest BCUT2D eigenvalue weighted by molar-refractivity contribution is 0.0817. The molecule has 21 heavy (non-hydrogen) atoms. The van der Waals surface area contributed by atoms with Gasteiger partial charge in [0.25, 0.3) is 0 Å². The molecule has 1 fully saturated rings. The van der Waals surface area contributed by atoms with E-state index in [2.05, 4.69) is 14.9 Å². The predicted molar refractivity (Wildman–Crippen MR) is 79.7 cm³/mol. The van der Waals surface area contributed by atoms with E-state index in [-0.39, 0.29) is 4.90 Å². The second-order valence-corrected chi connectivity index (χ2v) is 6.77. The summed E-state index contributed by atoms with van der Waals surface area (Å²) >= 11 is 0. The summed E-state index contributed by atoms with van der Waals surface area (Å²) in [6, 6.07) is 4.65. The summed E-state index contributed by atoms with van der Waals surface area (Å²) in [6.07, 6.45) is 2.21. The van der Waals surface area contributed by atoms with Gasteiger partial charge in [-0.3, -0.25) is 0 Å². The van der Waals surface area contributed by atoms with Crippen LogP contribution in [0.5, 0.6) is 0 Å². The molecule has 1 aromatic carbocycles. The number of aromatic amines is 1. The van der Waals surface area contributed by atoms with Crippen molar-refractivity contribution in [3.05, 3.63) is 18.2 Å². The Hall–Kier alpha value is -1.64. The third-order valence-electron chi connectivity index (χ3n) is 3.84. The van der Waals surface area contributed by atoms with Gasteiger partial charge in [0.05, 0.1) is 22.0 Å². The number of nitrogens with one attached hydrogen (secondary N) is 1. The van der Waals surface area contributed by atoms with Crippen molar-refractivity contribution < 1.29 is 13.2 Å². The molecule has 1 aliphatic heterocycles. The Bertz CT molecular complexity index is 748. The summed E-state index contributed by atoms with van der Waals surface area (Å²) in [5, 5.41) is 5.14. The fraction of sp³-hybridized carbons (Fsp3) is 0.462. The summed E-state index contributed by atoms with van der Waals surface area (Å²) < 4.78 is 28.1. The van der Waals surface area contributed by atoms with Crippen LogP contribution in [0.1, 0.15) is 12.8 Å². The van der Waals surface area contributed by atoms with Gasteiger partial charge in [-0.15, -0.1) is 0 Å². The molecule has 114 valence electrons. The average Bonchev–Trinajstić information content (AvgIpc) is 2.89. The number of ether oxygens (including phenoxy) is 1. The monoisotopic (exact) mass is 310 g/mol. The van der Waals surface area contributed by atoms with Crippen molar-refractivity contribution in [2.75, 3.05) is 25.1 Å². The number of piperidine rings is 1. The molecule has 0 spiro atoms. The van der Waals surface area contributed by atoms with Crippen LogP contribution in [0.15, 0.2) is 23.1 Å². The Balaban J connectivity index is 1.88. The van der Waals surface area contributed by atoms with Crippen molar-refractivity contribution in [3.63, 3.8) is 0 Å². The topological polar surface area (TPSA) is 101 Å². The lowest BCUT2D eigenvalue weighted by Gasteiger charge is -2.30. The Kier molecular flexibility index (Phi) is 3.60. The second-order valence-electron chi connectivity index (χ2n) is 5.21. The van der Waals surface area contributed by atoms with Gasteiger partial charge < -0.3 is 14.6 Å². The van der Waals surface area contributed by atoms with Crippen molar-refractivity contribution in [1.82, 2.24) is 9.97 Å². The number of nitrogens with two attached hydrogens (primary N) is 1. The lowest BCUT2D eigenvalue weighted by atomic mass is 10.1. The number of hydrogen-bond donors (Lipinski definition) is 2. The standard InChI is InChI=1S/C13H18N4O3S/c1-20-9-4-6-17(7-5-9)13-15-11-3-2-10(21(14,18)19)8-12(11)16-13/h2-3,8-9H,4-7H2,1H3,(H,15,16)(H2,14,18,19). The number of rotatable bonds is 3. The fourth-order valence-corrected chi connectivity index (χ4v) is 3.15. The van der Waals surface area contributed by atoms with Gasteiger partial charge in [0, 0.05) is 20.2 Å². The van der Waals surface area contributed by atoms with E-state index in [4.69, 9.17) is 9.88 Å².